The molecule has 0 aliphatic heterocycles. The molecule has 0 saturated carbocycles. The summed E-state index contributed by atoms with van der Waals surface area (Å²) in [5.41, 5.74) is 3.39. The fraction of sp³-hybridized carbons (Fsp3) is 0.238. The van der Waals surface area contributed by atoms with Crippen molar-refractivity contribution in [3.05, 3.63) is 59.9 Å². The van der Waals surface area contributed by atoms with Gasteiger partial charge >= 0.3 is 5.97 Å². The number of hydrogen-bond donors (Lipinski definition) is 1. The van der Waals surface area contributed by atoms with Crippen LogP contribution >= 0.6 is 11.8 Å². The smallest absolute Gasteiger partial charge is 0.310 e. The second kappa shape index (κ2) is 8.77. The highest BCUT2D eigenvalue weighted by atomic mass is 32.2. The molecular formula is C21H21NO4S. The Kier molecular flexibility index (Phi) is 6.19. The van der Waals surface area contributed by atoms with Gasteiger partial charge in [-0.3, -0.25) is 9.59 Å². The third-order valence-corrected chi connectivity index (χ3v) is 5.00. The highest BCUT2D eigenvalue weighted by molar-refractivity contribution is 7.98. The van der Waals surface area contributed by atoms with Gasteiger partial charge in [0.2, 0.25) is 0 Å². The molecule has 0 atom stereocenters. The first-order valence-corrected chi connectivity index (χ1v) is 9.90. The molecule has 6 heteroatoms. The van der Waals surface area contributed by atoms with E-state index in [0.29, 0.717) is 5.69 Å². The van der Waals surface area contributed by atoms with E-state index < -0.39 is 5.97 Å². The molecule has 0 spiro atoms. The molecule has 1 heterocycles. The molecule has 3 rings (SSSR count). The SMILES string of the molecule is CCc1ccc2c(CC(=O)OCC(=O)Nc3ccccc3SC)coc2c1. The average Bonchev–Trinajstić information content (AvgIpc) is 3.08. The lowest BCUT2D eigenvalue weighted by atomic mass is 10.1. The van der Waals surface area contributed by atoms with Crippen molar-refractivity contribution in [3.8, 4) is 0 Å². The number of furan rings is 1. The van der Waals surface area contributed by atoms with Gasteiger partial charge in [0.05, 0.1) is 18.4 Å². The minimum Gasteiger partial charge on any atom is -0.464 e. The molecule has 140 valence electrons. The van der Waals surface area contributed by atoms with Gasteiger partial charge < -0.3 is 14.5 Å². The van der Waals surface area contributed by atoms with Gasteiger partial charge in [-0.1, -0.05) is 31.2 Å². The van der Waals surface area contributed by atoms with E-state index in [9.17, 15) is 9.59 Å². The van der Waals surface area contributed by atoms with Crippen molar-refractivity contribution in [2.75, 3.05) is 18.2 Å². The first-order valence-electron chi connectivity index (χ1n) is 8.68. The molecule has 3 aromatic rings. The van der Waals surface area contributed by atoms with Crippen molar-refractivity contribution in [1.82, 2.24) is 0 Å². The van der Waals surface area contributed by atoms with Crippen molar-refractivity contribution in [2.45, 2.75) is 24.7 Å². The van der Waals surface area contributed by atoms with Gasteiger partial charge in [0, 0.05) is 15.8 Å². The van der Waals surface area contributed by atoms with E-state index in [4.69, 9.17) is 9.15 Å². The Morgan fingerprint density at radius 2 is 2.00 bits per heavy atom. The van der Waals surface area contributed by atoms with Crippen LogP contribution in [0, 0.1) is 0 Å². The molecule has 0 fully saturated rings. The van der Waals surface area contributed by atoms with E-state index in [2.05, 4.69) is 12.2 Å². The molecule has 1 N–H and O–H groups in total. The molecular weight excluding hydrogens is 362 g/mol. The van der Waals surface area contributed by atoms with Gasteiger partial charge in [0.15, 0.2) is 6.61 Å². The zero-order chi connectivity index (χ0) is 19.2. The number of para-hydroxylation sites is 1. The molecule has 0 unspecified atom stereocenters. The van der Waals surface area contributed by atoms with Gasteiger partial charge in [-0.15, -0.1) is 11.8 Å². The lowest BCUT2D eigenvalue weighted by Crippen LogP contribution is -2.21. The summed E-state index contributed by atoms with van der Waals surface area (Å²) in [5, 5.41) is 3.65. The van der Waals surface area contributed by atoms with Crippen LogP contribution in [-0.4, -0.2) is 24.7 Å². The fourth-order valence-corrected chi connectivity index (χ4v) is 3.32. The molecule has 0 aliphatic carbocycles. The third-order valence-electron chi connectivity index (χ3n) is 4.21. The van der Waals surface area contributed by atoms with Crippen molar-refractivity contribution in [3.63, 3.8) is 0 Å². The van der Waals surface area contributed by atoms with Gasteiger partial charge in [-0.25, -0.2) is 0 Å². The van der Waals surface area contributed by atoms with Gasteiger partial charge in [-0.2, -0.15) is 0 Å². The normalized spacial score (nSPS) is 10.7. The summed E-state index contributed by atoms with van der Waals surface area (Å²) in [6.45, 7) is 1.75. The Hall–Kier alpha value is -2.73. The quantitative estimate of drug-likeness (QED) is 0.482. The summed E-state index contributed by atoms with van der Waals surface area (Å²) in [7, 11) is 0. The second-order valence-electron chi connectivity index (χ2n) is 6.03. The summed E-state index contributed by atoms with van der Waals surface area (Å²) >= 11 is 1.54. The van der Waals surface area contributed by atoms with E-state index in [1.165, 1.54) is 17.3 Å². The number of aryl methyl sites for hydroxylation is 1. The standard InChI is InChI=1S/C21H21NO4S/c1-3-14-8-9-16-15(12-25-18(16)10-14)11-21(24)26-13-20(23)22-17-6-4-5-7-19(17)27-2/h4-10,12H,3,11,13H2,1-2H3,(H,22,23). The lowest BCUT2D eigenvalue weighted by molar-refractivity contribution is -0.146. The van der Waals surface area contributed by atoms with Crippen LogP contribution in [-0.2, 0) is 27.2 Å². The molecule has 0 radical (unpaired) electrons. The summed E-state index contributed by atoms with van der Waals surface area (Å²) in [5.74, 6) is -0.833. The zero-order valence-corrected chi connectivity index (χ0v) is 16.1. The number of fused-ring (bicyclic) bond motifs is 1. The Bertz CT molecular complexity index is 964. The number of amides is 1. The Morgan fingerprint density at radius 1 is 1.19 bits per heavy atom. The number of anilines is 1. The van der Waals surface area contributed by atoms with E-state index in [-0.39, 0.29) is 18.9 Å². The van der Waals surface area contributed by atoms with Crippen LogP contribution in [0.25, 0.3) is 11.0 Å². The number of hydrogen-bond acceptors (Lipinski definition) is 5. The number of carbonyl (C=O) groups excluding carboxylic acids is 2. The second-order valence-corrected chi connectivity index (χ2v) is 6.88. The Labute approximate surface area is 162 Å². The first kappa shape index (κ1) is 19.0. The van der Waals surface area contributed by atoms with Crippen LogP contribution in [0.1, 0.15) is 18.1 Å². The molecule has 1 aromatic heterocycles. The topological polar surface area (TPSA) is 68.5 Å². The summed E-state index contributed by atoms with van der Waals surface area (Å²) in [6, 6.07) is 13.4. The molecule has 2 aromatic carbocycles. The largest absolute Gasteiger partial charge is 0.464 e. The maximum absolute atomic E-state index is 12.1. The van der Waals surface area contributed by atoms with Crippen LogP contribution < -0.4 is 5.32 Å². The van der Waals surface area contributed by atoms with Gasteiger partial charge in [0.25, 0.3) is 5.91 Å². The molecule has 0 aliphatic rings. The van der Waals surface area contributed by atoms with Crippen LogP contribution in [0.15, 0.2) is 58.0 Å². The summed E-state index contributed by atoms with van der Waals surface area (Å²) in [4.78, 5) is 25.1. The Morgan fingerprint density at radius 3 is 2.78 bits per heavy atom. The van der Waals surface area contributed by atoms with Crippen molar-refractivity contribution in [2.24, 2.45) is 0 Å². The zero-order valence-electron chi connectivity index (χ0n) is 15.3. The predicted molar refractivity (Wildman–Crippen MR) is 107 cm³/mol. The maximum Gasteiger partial charge on any atom is 0.310 e. The van der Waals surface area contributed by atoms with Crippen LogP contribution in [0.2, 0.25) is 0 Å². The Balaban J connectivity index is 1.56. The summed E-state index contributed by atoms with van der Waals surface area (Å²) in [6.07, 6.45) is 4.49. The molecule has 1 amide bonds. The molecule has 27 heavy (non-hydrogen) atoms. The predicted octanol–water partition coefficient (Wildman–Crippen LogP) is 4.44. The lowest BCUT2D eigenvalue weighted by Gasteiger charge is -2.09. The first-order chi connectivity index (χ1) is 13.1. The number of rotatable bonds is 7. The molecule has 0 saturated heterocycles. The number of carbonyl (C=O) groups is 2. The van der Waals surface area contributed by atoms with Gasteiger partial charge in [0.1, 0.15) is 5.58 Å². The number of esters is 1. The molecule has 0 bridgehead atoms. The highest BCUT2D eigenvalue weighted by Gasteiger charge is 2.14. The maximum atomic E-state index is 12.1. The van der Waals surface area contributed by atoms with Crippen LogP contribution in [0.3, 0.4) is 0 Å². The van der Waals surface area contributed by atoms with E-state index in [1.54, 1.807) is 6.26 Å². The van der Waals surface area contributed by atoms with Crippen LogP contribution in [0.5, 0.6) is 0 Å². The third kappa shape index (κ3) is 4.71. The minimum atomic E-state index is -0.467. The van der Waals surface area contributed by atoms with Crippen molar-refractivity contribution >= 4 is 40.3 Å². The van der Waals surface area contributed by atoms with Crippen LogP contribution in [0.4, 0.5) is 5.69 Å². The monoisotopic (exact) mass is 383 g/mol. The number of nitrogens with one attached hydrogen (secondary N) is 1. The van der Waals surface area contributed by atoms with E-state index in [0.717, 1.165) is 27.8 Å². The fourth-order valence-electron chi connectivity index (χ4n) is 2.77. The number of benzene rings is 2. The van der Waals surface area contributed by atoms with Crippen molar-refractivity contribution in [1.29, 1.82) is 0 Å². The van der Waals surface area contributed by atoms with E-state index >= 15 is 0 Å². The highest BCUT2D eigenvalue weighted by Crippen LogP contribution is 2.25. The summed E-state index contributed by atoms with van der Waals surface area (Å²) < 4.78 is 10.7. The average molecular weight is 383 g/mol. The van der Waals surface area contributed by atoms with Gasteiger partial charge in [-0.05, 0) is 36.4 Å². The molecule has 5 nitrogen and oxygen atoms in total. The minimum absolute atomic E-state index is 0.0626. The van der Waals surface area contributed by atoms with Crippen molar-refractivity contribution < 1.29 is 18.7 Å². The number of thioether (sulfide) groups is 1. The number of ether oxygens (including phenoxy) is 1. The van der Waals surface area contributed by atoms with E-state index in [1.807, 2.05) is 48.7 Å².